The van der Waals surface area contributed by atoms with Gasteiger partial charge in [0.1, 0.15) is 0 Å². The Labute approximate surface area is 183 Å². The first-order valence-corrected chi connectivity index (χ1v) is 10.2. The van der Waals surface area contributed by atoms with Crippen molar-refractivity contribution in [3.63, 3.8) is 0 Å². The lowest BCUT2D eigenvalue weighted by Gasteiger charge is -2.15. The van der Waals surface area contributed by atoms with Crippen LogP contribution in [0.2, 0.25) is 15.1 Å². The van der Waals surface area contributed by atoms with E-state index in [1.165, 1.54) is 0 Å². The van der Waals surface area contributed by atoms with Gasteiger partial charge in [-0.05, 0) is 48.9 Å². The van der Waals surface area contributed by atoms with Crippen molar-refractivity contribution in [2.75, 3.05) is 11.9 Å². The highest BCUT2D eigenvalue weighted by Gasteiger charge is 2.13. The third kappa shape index (κ3) is 4.10. The molecule has 0 atom stereocenters. The third-order valence-corrected chi connectivity index (χ3v) is 5.74. The van der Waals surface area contributed by atoms with Crippen LogP contribution >= 0.6 is 34.8 Å². The molecule has 148 valence electrons. The summed E-state index contributed by atoms with van der Waals surface area (Å²) in [5.41, 5.74) is 10.7. The maximum absolute atomic E-state index is 6.22. The van der Waals surface area contributed by atoms with Crippen LogP contribution in [0.15, 0.2) is 60.9 Å². The predicted molar refractivity (Wildman–Crippen MR) is 126 cm³/mol. The second-order valence-electron chi connectivity index (χ2n) is 6.79. The van der Waals surface area contributed by atoms with Gasteiger partial charge < -0.3 is 21.4 Å². The average molecular weight is 446 g/mol. The van der Waals surface area contributed by atoms with Crippen molar-refractivity contribution in [1.29, 1.82) is 0 Å². The first-order valence-electron chi connectivity index (χ1n) is 9.05. The van der Waals surface area contributed by atoms with Gasteiger partial charge in [0.05, 0.1) is 21.4 Å². The van der Waals surface area contributed by atoms with E-state index in [0.717, 1.165) is 45.2 Å². The molecule has 1 heterocycles. The molecule has 4 rings (SSSR count). The molecule has 0 fully saturated rings. The van der Waals surface area contributed by atoms with Gasteiger partial charge in [0, 0.05) is 44.8 Å². The predicted octanol–water partition coefficient (Wildman–Crippen LogP) is 6.59. The van der Waals surface area contributed by atoms with Gasteiger partial charge in [-0.1, -0.05) is 47.4 Å². The minimum atomic E-state index is 0.444. The lowest BCUT2D eigenvalue weighted by atomic mass is 10.0. The summed E-state index contributed by atoms with van der Waals surface area (Å²) in [4.78, 5) is 3.53. The molecule has 0 radical (unpaired) electrons. The Bertz CT molecular complexity index is 1230. The smallest absolute Gasteiger partial charge is 0.0885 e. The van der Waals surface area contributed by atoms with E-state index in [-0.39, 0.29) is 0 Å². The molecule has 0 aliphatic heterocycles. The lowest BCUT2D eigenvalue weighted by Crippen LogP contribution is -2.21. The summed E-state index contributed by atoms with van der Waals surface area (Å²) in [5, 5.41) is 10.5. The second kappa shape index (κ2) is 8.07. The second-order valence-corrected chi connectivity index (χ2v) is 8.04. The Morgan fingerprint density at radius 2 is 1.79 bits per heavy atom. The Morgan fingerprint density at radius 1 is 0.966 bits per heavy atom. The van der Waals surface area contributed by atoms with Crippen LogP contribution in [0.5, 0.6) is 0 Å². The van der Waals surface area contributed by atoms with Gasteiger partial charge in [-0.2, -0.15) is 0 Å². The fourth-order valence-electron chi connectivity index (χ4n) is 3.45. The summed E-state index contributed by atoms with van der Waals surface area (Å²) in [6.45, 7) is 4.36. The lowest BCUT2D eigenvalue weighted by molar-refractivity contribution is 0.785. The molecule has 0 bridgehead atoms. The number of anilines is 2. The Morgan fingerprint density at radius 3 is 2.55 bits per heavy atom. The van der Waals surface area contributed by atoms with Crippen molar-refractivity contribution in [3.8, 4) is 0 Å². The standard InChI is InChI=1S/C22H19Cl3N4/c1-12(26)27-9-8-16-20(28-14-3-5-18(24)19(25)11-14)7-4-15-17-10-13(23)2-6-21(17)29-22(15)16/h2-7,10-11,27-29H,1,8-9,26H2. The van der Waals surface area contributed by atoms with Crippen molar-refractivity contribution in [2.24, 2.45) is 5.73 Å². The monoisotopic (exact) mass is 444 g/mol. The van der Waals surface area contributed by atoms with E-state index >= 15 is 0 Å². The minimum absolute atomic E-state index is 0.444. The molecule has 3 aromatic carbocycles. The molecule has 0 saturated carbocycles. The highest BCUT2D eigenvalue weighted by molar-refractivity contribution is 6.42. The maximum Gasteiger partial charge on any atom is 0.0885 e. The maximum atomic E-state index is 6.22. The average Bonchev–Trinajstić information content (AvgIpc) is 3.04. The van der Waals surface area contributed by atoms with Crippen molar-refractivity contribution >= 4 is 68.0 Å². The highest BCUT2D eigenvalue weighted by atomic mass is 35.5. The number of H-pyrrole nitrogens is 1. The number of fused-ring (bicyclic) bond motifs is 3. The normalized spacial score (nSPS) is 11.1. The first-order chi connectivity index (χ1) is 13.9. The molecule has 0 saturated heterocycles. The topological polar surface area (TPSA) is 65.9 Å². The molecule has 29 heavy (non-hydrogen) atoms. The zero-order valence-corrected chi connectivity index (χ0v) is 17.7. The van der Waals surface area contributed by atoms with Gasteiger partial charge >= 0.3 is 0 Å². The van der Waals surface area contributed by atoms with Gasteiger partial charge in [-0.15, -0.1) is 0 Å². The molecule has 0 spiro atoms. The van der Waals surface area contributed by atoms with Crippen LogP contribution in [0.4, 0.5) is 11.4 Å². The summed E-state index contributed by atoms with van der Waals surface area (Å²) in [5.74, 6) is 0.444. The van der Waals surface area contributed by atoms with E-state index in [4.69, 9.17) is 40.5 Å². The molecule has 0 aliphatic carbocycles. The Hall–Kier alpha value is -2.53. The number of nitrogens with one attached hydrogen (secondary N) is 3. The van der Waals surface area contributed by atoms with Crippen LogP contribution in [0, 0.1) is 0 Å². The number of benzene rings is 3. The molecule has 0 amide bonds. The quantitative estimate of drug-likeness (QED) is 0.271. The van der Waals surface area contributed by atoms with Crippen molar-refractivity contribution in [2.45, 2.75) is 6.42 Å². The van der Waals surface area contributed by atoms with E-state index in [0.29, 0.717) is 27.4 Å². The molecule has 4 nitrogen and oxygen atoms in total. The summed E-state index contributed by atoms with van der Waals surface area (Å²) in [6.07, 6.45) is 0.734. The molecular formula is C22H19Cl3N4. The molecule has 0 unspecified atom stereocenters. The number of nitrogens with two attached hydrogens (primary N) is 1. The van der Waals surface area contributed by atoms with E-state index in [2.05, 4.69) is 34.3 Å². The van der Waals surface area contributed by atoms with Crippen LogP contribution in [0.1, 0.15) is 5.56 Å². The minimum Gasteiger partial charge on any atom is -0.386 e. The van der Waals surface area contributed by atoms with Crippen LogP contribution in [-0.4, -0.2) is 11.5 Å². The van der Waals surface area contributed by atoms with Crippen molar-refractivity contribution in [1.82, 2.24) is 10.3 Å². The molecular weight excluding hydrogens is 427 g/mol. The van der Waals surface area contributed by atoms with E-state index in [1.54, 1.807) is 6.07 Å². The fourth-order valence-corrected chi connectivity index (χ4v) is 3.92. The summed E-state index contributed by atoms with van der Waals surface area (Å²) >= 11 is 18.4. The van der Waals surface area contributed by atoms with Crippen LogP contribution < -0.4 is 16.4 Å². The number of aromatic amines is 1. The van der Waals surface area contributed by atoms with Crippen molar-refractivity contribution in [3.05, 3.63) is 81.6 Å². The van der Waals surface area contributed by atoms with Crippen molar-refractivity contribution < 1.29 is 0 Å². The number of aromatic nitrogens is 1. The number of rotatable bonds is 6. The zero-order valence-electron chi connectivity index (χ0n) is 15.5. The van der Waals surface area contributed by atoms with Gasteiger partial charge in [0.15, 0.2) is 0 Å². The molecule has 4 aromatic rings. The summed E-state index contributed by atoms with van der Waals surface area (Å²) < 4.78 is 0. The summed E-state index contributed by atoms with van der Waals surface area (Å²) in [7, 11) is 0. The van der Waals surface area contributed by atoms with Crippen LogP contribution in [0.25, 0.3) is 21.8 Å². The molecule has 0 aliphatic rings. The van der Waals surface area contributed by atoms with Gasteiger partial charge in [-0.3, -0.25) is 0 Å². The van der Waals surface area contributed by atoms with E-state index < -0.39 is 0 Å². The Balaban J connectivity index is 1.82. The highest BCUT2D eigenvalue weighted by Crippen LogP contribution is 2.35. The third-order valence-electron chi connectivity index (χ3n) is 4.77. The van der Waals surface area contributed by atoms with Gasteiger partial charge in [-0.25, -0.2) is 0 Å². The van der Waals surface area contributed by atoms with Gasteiger partial charge in [0.2, 0.25) is 0 Å². The number of hydrogen-bond donors (Lipinski definition) is 4. The molecule has 7 heteroatoms. The fraction of sp³-hybridized carbons (Fsp3) is 0.0909. The first kappa shape index (κ1) is 19.8. The molecule has 5 N–H and O–H groups in total. The summed E-state index contributed by atoms with van der Waals surface area (Å²) in [6, 6.07) is 15.5. The van der Waals surface area contributed by atoms with Crippen LogP contribution in [0.3, 0.4) is 0 Å². The van der Waals surface area contributed by atoms with E-state index in [1.807, 2.05) is 30.3 Å². The zero-order chi connectivity index (χ0) is 20.5. The number of halogens is 3. The molecule has 1 aromatic heterocycles. The Kier molecular flexibility index (Phi) is 5.50. The number of hydrogen-bond acceptors (Lipinski definition) is 3. The SMILES string of the molecule is C=C(N)NCCc1c(Nc2ccc(Cl)c(Cl)c2)ccc2c1[nH]c1ccc(Cl)cc12. The van der Waals surface area contributed by atoms with Gasteiger partial charge in [0.25, 0.3) is 0 Å². The van der Waals surface area contributed by atoms with Crippen LogP contribution in [-0.2, 0) is 6.42 Å². The largest absolute Gasteiger partial charge is 0.386 e. The van der Waals surface area contributed by atoms with E-state index in [9.17, 15) is 0 Å².